The molecule has 2 N–H and O–H groups in total. The van der Waals surface area contributed by atoms with Crippen LogP contribution in [0, 0.1) is 0 Å². The number of benzene rings is 1. The van der Waals surface area contributed by atoms with E-state index < -0.39 is 0 Å². The molecule has 1 aromatic rings. The molecule has 0 amide bonds. The zero-order valence-electron chi connectivity index (χ0n) is 15.5. The van der Waals surface area contributed by atoms with E-state index in [0.29, 0.717) is 6.04 Å². The van der Waals surface area contributed by atoms with Crippen LogP contribution in [0.5, 0.6) is 0 Å². The largest absolute Gasteiger partial charge is 0.370 e. The third kappa shape index (κ3) is 3.92. The first-order valence-corrected chi connectivity index (χ1v) is 10.5. The molecule has 3 heteroatoms. The second-order valence-corrected chi connectivity index (χ2v) is 8.26. The molecule has 0 aromatic heterocycles. The van der Waals surface area contributed by atoms with E-state index in [1.165, 1.54) is 75.6 Å². The SMILES string of the molecule is c1ccc(C2CCC3(CC2)NCCN=C3NC2CCCCCC2)cc1. The highest BCUT2D eigenvalue weighted by Gasteiger charge is 2.41. The summed E-state index contributed by atoms with van der Waals surface area (Å²) in [7, 11) is 0. The zero-order valence-corrected chi connectivity index (χ0v) is 15.5. The first-order chi connectivity index (χ1) is 12.4. The van der Waals surface area contributed by atoms with E-state index in [1.54, 1.807) is 0 Å². The van der Waals surface area contributed by atoms with Gasteiger partial charge in [0.25, 0.3) is 0 Å². The van der Waals surface area contributed by atoms with E-state index in [2.05, 4.69) is 41.0 Å². The molecule has 4 rings (SSSR count). The molecular formula is C22H33N3. The number of hydrogen-bond acceptors (Lipinski definition) is 3. The lowest BCUT2D eigenvalue weighted by Crippen LogP contribution is -2.62. The molecule has 25 heavy (non-hydrogen) atoms. The van der Waals surface area contributed by atoms with E-state index in [4.69, 9.17) is 4.99 Å². The average Bonchev–Trinajstić information content (AvgIpc) is 2.94. The van der Waals surface area contributed by atoms with Crippen LogP contribution in [-0.4, -0.2) is 30.5 Å². The lowest BCUT2D eigenvalue weighted by atomic mass is 9.72. The molecule has 1 spiro atoms. The van der Waals surface area contributed by atoms with Crippen molar-refractivity contribution in [2.24, 2.45) is 4.99 Å². The molecule has 0 saturated heterocycles. The number of hydrogen-bond donors (Lipinski definition) is 2. The van der Waals surface area contributed by atoms with Gasteiger partial charge in [0.05, 0.1) is 12.1 Å². The van der Waals surface area contributed by atoms with Gasteiger partial charge in [-0.25, -0.2) is 0 Å². The summed E-state index contributed by atoms with van der Waals surface area (Å²) in [4.78, 5) is 4.97. The van der Waals surface area contributed by atoms with Crippen LogP contribution in [0.15, 0.2) is 35.3 Å². The third-order valence-electron chi connectivity index (χ3n) is 6.60. The van der Waals surface area contributed by atoms with Crippen LogP contribution in [-0.2, 0) is 0 Å². The Balaban J connectivity index is 1.43. The first kappa shape index (κ1) is 17.1. The van der Waals surface area contributed by atoms with Crippen molar-refractivity contribution in [1.82, 2.24) is 10.6 Å². The Bertz CT molecular complexity index is 564. The third-order valence-corrected chi connectivity index (χ3v) is 6.60. The molecule has 0 bridgehead atoms. The fourth-order valence-electron chi connectivity index (χ4n) is 5.08. The fraction of sp³-hybridized carbons (Fsp3) is 0.682. The summed E-state index contributed by atoms with van der Waals surface area (Å²) >= 11 is 0. The molecule has 2 saturated carbocycles. The van der Waals surface area contributed by atoms with Crippen molar-refractivity contribution in [3.63, 3.8) is 0 Å². The summed E-state index contributed by atoms with van der Waals surface area (Å²) in [6.07, 6.45) is 13.2. The van der Waals surface area contributed by atoms with Crippen molar-refractivity contribution in [1.29, 1.82) is 0 Å². The van der Waals surface area contributed by atoms with Gasteiger partial charge in [0, 0.05) is 12.6 Å². The van der Waals surface area contributed by atoms with E-state index >= 15 is 0 Å². The molecule has 136 valence electrons. The Morgan fingerprint density at radius 1 is 0.920 bits per heavy atom. The predicted octanol–water partition coefficient (Wildman–Crippen LogP) is 4.40. The van der Waals surface area contributed by atoms with Crippen LogP contribution < -0.4 is 10.6 Å². The molecular weight excluding hydrogens is 306 g/mol. The van der Waals surface area contributed by atoms with Crippen LogP contribution in [0.2, 0.25) is 0 Å². The highest BCUT2D eigenvalue weighted by Crippen LogP contribution is 2.39. The molecule has 1 aliphatic heterocycles. The summed E-state index contributed by atoms with van der Waals surface area (Å²) in [6, 6.07) is 11.7. The lowest BCUT2D eigenvalue weighted by molar-refractivity contribution is 0.273. The van der Waals surface area contributed by atoms with Gasteiger partial charge < -0.3 is 10.6 Å². The standard InChI is InChI=1S/C22H33N3/c1-2-7-11-20(10-6-1)25-21-22(24-17-16-23-21)14-12-19(13-15-22)18-8-4-3-5-9-18/h3-5,8-9,19-20,24H,1-2,6-7,10-17H2,(H,23,25). The Morgan fingerprint density at radius 3 is 2.36 bits per heavy atom. The monoisotopic (exact) mass is 339 g/mol. The number of rotatable bonds is 2. The van der Waals surface area contributed by atoms with Gasteiger partial charge in [-0.3, -0.25) is 4.99 Å². The van der Waals surface area contributed by atoms with Crippen LogP contribution in [0.1, 0.15) is 75.7 Å². The molecule has 3 nitrogen and oxygen atoms in total. The molecule has 0 radical (unpaired) electrons. The Morgan fingerprint density at radius 2 is 1.64 bits per heavy atom. The van der Waals surface area contributed by atoms with E-state index in [1.807, 2.05) is 0 Å². The second kappa shape index (κ2) is 7.90. The van der Waals surface area contributed by atoms with Gasteiger partial charge in [0.15, 0.2) is 0 Å². The molecule has 2 aliphatic carbocycles. The predicted molar refractivity (Wildman–Crippen MR) is 105 cm³/mol. The Hall–Kier alpha value is -1.35. The smallest absolute Gasteiger partial charge is 0.117 e. The van der Waals surface area contributed by atoms with Crippen molar-refractivity contribution < 1.29 is 0 Å². The Labute approximate surface area is 152 Å². The van der Waals surface area contributed by atoms with E-state index in [9.17, 15) is 0 Å². The van der Waals surface area contributed by atoms with Crippen molar-refractivity contribution >= 4 is 5.84 Å². The van der Waals surface area contributed by atoms with Crippen molar-refractivity contribution in [2.75, 3.05) is 13.1 Å². The topological polar surface area (TPSA) is 36.4 Å². The number of nitrogens with one attached hydrogen (secondary N) is 2. The van der Waals surface area contributed by atoms with Gasteiger partial charge in [-0.2, -0.15) is 0 Å². The van der Waals surface area contributed by atoms with Gasteiger partial charge in [-0.15, -0.1) is 0 Å². The highest BCUT2D eigenvalue weighted by atomic mass is 15.2. The molecule has 1 aromatic carbocycles. The van der Waals surface area contributed by atoms with Crippen LogP contribution in [0.3, 0.4) is 0 Å². The van der Waals surface area contributed by atoms with Gasteiger partial charge >= 0.3 is 0 Å². The summed E-state index contributed by atoms with van der Waals surface area (Å²) in [5, 5.41) is 7.77. The summed E-state index contributed by atoms with van der Waals surface area (Å²) in [5.41, 5.74) is 1.64. The highest BCUT2D eigenvalue weighted by molar-refractivity contribution is 5.92. The number of nitrogens with zero attached hydrogens (tertiary/aromatic N) is 1. The van der Waals surface area contributed by atoms with E-state index in [-0.39, 0.29) is 5.54 Å². The number of amidine groups is 1. The number of aliphatic imine (C=N–C) groups is 1. The average molecular weight is 340 g/mol. The van der Waals surface area contributed by atoms with Gasteiger partial charge in [0.1, 0.15) is 5.84 Å². The molecule has 1 heterocycles. The summed E-state index contributed by atoms with van der Waals surface area (Å²) in [5.74, 6) is 2.01. The minimum absolute atomic E-state index is 0.121. The first-order valence-electron chi connectivity index (χ1n) is 10.5. The molecule has 0 atom stereocenters. The Kier molecular flexibility index (Phi) is 5.40. The second-order valence-electron chi connectivity index (χ2n) is 8.26. The lowest BCUT2D eigenvalue weighted by Gasteiger charge is -2.45. The maximum Gasteiger partial charge on any atom is 0.117 e. The molecule has 2 fully saturated rings. The van der Waals surface area contributed by atoms with E-state index in [0.717, 1.165) is 19.0 Å². The van der Waals surface area contributed by atoms with Crippen LogP contribution >= 0.6 is 0 Å². The molecule has 3 aliphatic rings. The maximum atomic E-state index is 4.97. The van der Waals surface area contributed by atoms with Crippen LogP contribution in [0.4, 0.5) is 0 Å². The minimum Gasteiger partial charge on any atom is -0.370 e. The van der Waals surface area contributed by atoms with Crippen LogP contribution in [0.25, 0.3) is 0 Å². The van der Waals surface area contributed by atoms with Crippen molar-refractivity contribution in [3.8, 4) is 0 Å². The van der Waals surface area contributed by atoms with Crippen molar-refractivity contribution in [3.05, 3.63) is 35.9 Å². The summed E-state index contributed by atoms with van der Waals surface area (Å²) in [6.45, 7) is 1.96. The zero-order chi connectivity index (χ0) is 17.0. The molecule has 0 unspecified atom stereocenters. The normalized spacial score (nSPS) is 31.4. The minimum atomic E-state index is 0.121. The maximum absolute atomic E-state index is 4.97. The van der Waals surface area contributed by atoms with Gasteiger partial charge in [-0.05, 0) is 50.0 Å². The summed E-state index contributed by atoms with van der Waals surface area (Å²) < 4.78 is 0. The quantitative estimate of drug-likeness (QED) is 0.784. The van der Waals surface area contributed by atoms with Crippen molar-refractivity contribution in [2.45, 2.75) is 81.7 Å². The fourth-order valence-corrected chi connectivity index (χ4v) is 5.08. The van der Waals surface area contributed by atoms with Gasteiger partial charge in [-0.1, -0.05) is 56.0 Å². The van der Waals surface area contributed by atoms with Gasteiger partial charge in [0.2, 0.25) is 0 Å².